The molecule has 0 amide bonds. The van der Waals surface area contributed by atoms with E-state index < -0.39 is 5.97 Å². The molecule has 0 radical (unpaired) electrons. The highest BCUT2D eigenvalue weighted by Gasteiger charge is 2.24. The van der Waals surface area contributed by atoms with Crippen molar-refractivity contribution in [3.63, 3.8) is 0 Å². The van der Waals surface area contributed by atoms with E-state index in [1.165, 1.54) is 6.07 Å². The number of benzene rings is 1. The summed E-state index contributed by atoms with van der Waals surface area (Å²) >= 11 is 3.26. The van der Waals surface area contributed by atoms with Gasteiger partial charge in [0.15, 0.2) is 0 Å². The number of ether oxygens (including phenoxy) is 1. The lowest BCUT2D eigenvalue weighted by atomic mass is 9.98. The summed E-state index contributed by atoms with van der Waals surface area (Å²) in [6.45, 7) is 0.468. The summed E-state index contributed by atoms with van der Waals surface area (Å²) in [5.41, 5.74) is 6.81. The van der Waals surface area contributed by atoms with Crippen molar-refractivity contribution in [2.75, 3.05) is 6.61 Å². The quantitative estimate of drug-likeness (QED) is 0.835. The molecule has 1 aromatic rings. The number of halogens is 2. The van der Waals surface area contributed by atoms with Crippen molar-refractivity contribution in [3.05, 3.63) is 27.7 Å². The highest BCUT2D eigenvalue weighted by atomic mass is 79.9. The Hall–Kier alpha value is -0.780. The summed E-state index contributed by atoms with van der Waals surface area (Å²) in [6, 6.07) is 3.19. The van der Waals surface area contributed by atoms with Gasteiger partial charge in [-0.25, -0.2) is 4.79 Å². The van der Waals surface area contributed by atoms with Crippen LogP contribution in [0.15, 0.2) is 16.6 Å². The first-order valence-electron chi connectivity index (χ1n) is 4.54. The van der Waals surface area contributed by atoms with Gasteiger partial charge in [-0.1, -0.05) is 15.9 Å². The van der Waals surface area contributed by atoms with Gasteiger partial charge in [0.25, 0.3) is 0 Å². The highest BCUT2D eigenvalue weighted by Crippen LogP contribution is 2.36. The van der Waals surface area contributed by atoms with Crippen molar-refractivity contribution in [1.82, 2.24) is 0 Å². The Bertz CT molecular complexity index is 425. The van der Waals surface area contributed by atoms with Crippen LogP contribution in [0.1, 0.15) is 28.4 Å². The molecule has 1 aromatic carbocycles. The summed E-state index contributed by atoms with van der Waals surface area (Å²) in [6.07, 6.45) is 0.711. The van der Waals surface area contributed by atoms with Crippen molar-refractivity contribution >= 4 is 34.3 Å². The fourth-order valence-corrected chi connectivity index (χ4v) is 2.13. The van der Waals surface area contributed by atoms with Crippen molar-refractivity contribution in [1.29, 1.82) is 0 Å². The van der Waals surface area contributed by atoms with Crippen LogP contribution >= 0.6 is 28.3 Å². The minimum atomic E-state index is -0.998. The molecule has 0 bridgehead atoms. The smallest absolute Gasteiger partial charge is 0.339 e. The zero-order valence-corrected chi connectivity index (χ0v) is 10.7. The maximum atomic E-state index is 11.0. The maximum absolute atomic E-state index is 11.0. The number of carboxylic acid groups (broad SMARTS) is 1. The number of carboxylic acids is 1. The zero-order valence-electron chi connectivity index (χ0n) is 8.27. The number of fused-ring (bicyclic) bond motifs is 1. The van der Waals surface area contributed by atoms with Crippen LogP contribution in [0.5, 0.6) is 5.75 Å². The van der Waals surface area contributed by atoms with Crippen molar-refractivity contribution in [3.8, 4) is 5.75 Å². The number of hydrogen-bond donors (Lipinski definition) is 2. The van der Waals surface area contributed by atoms with Crippen molar-refractivity contribution in [2.24, 2.45) is 5.73 Å². The minimum Gasteiger partial charge on any atom is -0.492 e. The fourth-order valence-electron chi connectivity index (χ4n) is 1.65. The van der Waals surface area contributed by atoms with E-state index in [0.717, 1.165) is 5.56 Å². The predicted octanol–water partition coefficient (Wildman–Crippen LogP) is 2.35. The molecule has 4 nitrogen and oxygen atoms in total. The number of carbonyl (C=O) groups is 1. The van der Waals surface area contributed by atoms with E-state index in [2.05, 4.69) is 15.9 Å². The molecule has 2 rings (SSSR count). The van der Waals surface area contributed by atoms with E-state index in [1.807, 2.05) is 6.07 Å². The Balaban J connectivity index is 0.00000128. The van der Waals surface area contributed by atoms with Gasteiger partial charge in [0.2, 0.25) is 0 Å². The lowest BCUT2D eigenvalue weighted by molar-refractivity contribution is 0.0690. The van der Waals surface area contributed by atoms with Crippen LogP contribution in [0.2, 0.25) is 0 Å². The third kappa shape index (κ3) is 2.31. The first kappa shape index (κ1) is 13.3. The SMILES string of the molecule is Cl.N[C@@H]1CCOc2c(C(=O)O)cc(Br)cc21. The molecular weight excluding hydrogens is 297 g/mol. The molecule has 1 atom stereocenters. The molecule has 1 heterocycles. The number of hydrogen-bond acceptors (Lipinski definition) is 3. The average molecular weight is 309 g/mol. The van der Waals surface area contributed by atoms with Crippen LogP contribution in [0.3, 0.4) is 0 Å². The van der Waals surface area contributed by atoms with E-state index in [1.54, 1.807) is 0 Å². The molecular formula is C10H11BrClNO3. The summed E-state index contributed by atoms with van der Waals surface area (Å²) < 4.78 is 6.07. The predicted molar refractivity (Wildman–Crippen MR) is 65.4 cm³/mol. The second-order valence-electron chi connectivity index (χ2n) is 3.42. The zero-order chi connectivity index (χ0) is 11.0. The Kier molecular flexibility index (Phi) is 4.18. The minimum absolute atomic E-state index is 0. The van der Waals surface area contributed by atoms with Gasteiger partial charge >= 0.3 is 5.97 Å². The van der Waals surface area contributed by atoms with Crippen LogP contribution in [0, 0.1) is 0 Å². The van der Waals surface area contributed by atoms with E-state index in [-0.39, 0.29) is 24.0 Å². The maximum Gasteiger partial charge on any atom is 0.339 e. The van der Waals surface area contributed by atoms with Crippen LogP contribution in [0.25, 0.3) is 0 Å². The number of nitrogens with two attached hydrogens (primary N) is 1. The molecule has 0 aliphatic carbocycles. The lowest BCUT2D eigenvalue weighted by Gasteiger charge is -2.24. The van der Waals surface area contributed by atoms with Gasteiger partial charge in [0, 0.05) is 22.5 Å². The molecule has 3 N–H and O–H groups in total. The van der Waals surface area contributed by atoms with Crippen LogP contribution in [0.4, 0.5) is 0 Å². The third-order valence-corrected chi connectivity index (χ3v) is 2.85. The van der Waals surface area contributed by atoms with Crippen LogP contribution < -0.4 is 10.5 Å². The lowest BCUT2D eigenvalue weighted by Crippen LogP contribution is -2.22. The van der Waals surface area contributed by atoms with Gasteiger partial charge in [-0.2, -0.15) is 0 Å². The Labute approximate surface area is 107 Å². The van der Waals surface area contributed by atoms with Crippen molar-refractivity contribution < 1.29 is 14.6 Å². The molecule has 1 aliphatic rings. The van der Waals surface area contributed by atoms with Gasteiger partial charge in [-0.05, 0) is 12.1 Å². The summed E-state index contributed by atoms with van der Waals surface area (Å²) in [4.78, 5) is 11.0. The summed E-state index contributed by atoms with van der Waals surface area (Å²) in [5.74, 6) is -0.592. The monoisotopic (exact) mass is 307 g/mol. The molecule has 16 heavy (non-hydrogen) atoms. The standard InChI is InChI=1S/C10H10BrNO3.ClH/c11-5-3-6-8(12)1-2-15-9(6)7(4-5)10(13)14;/h3-4,8H,1-2,12H2,(H,13,14);1H/t8-;/m1./s1. The second kappa shape index (κ2) is 5.03. The normalized spacial score (nSPS) is 18.0. The Morgan fingerprint density at radius 2 is 2.25 bits per heavy atom. The Morgan fingerprint density at radius 1 is 1.56 bits per heavy atom. The van der Waals surface area contributed by atoms with Crippen LogP contribution in [-0.4, -0.2) is 17.7 Å². The first-order chi connectivity index (χ1) is 7.09. The molecule has 0 saturated carbocycles. The second-order valence-corrected chi connectivity index (χ2v) is 4.34. The van der Waals surface area contributed by atoms with Crippen molar-refractivity contribution in [2.45, 2.75) is 12.5 Å². The van der Waals surface area contributed by atoms with Gasteiger partial charge in [0.05, 0.1) is 6.61 Å². The number of rotatable bonds is 1. The molecule has 0 unspecified atom stereocenters. The molecule has 88 valence electrons. The van der Waals surface area contributed by atoms with E-state index >= 15 is 0 Å². The average Bonchev–Trinajstić information content (AvgIpc) is 2.18. The molecule has 1 aliphatic heterocycles. The molecule has 0 saturated heterocycles. The van der Waals surface area contributed by atoms with E-state index in [0.29, 0.717) is 23.2 Å². The molecule has 0 aromatic heterocycles. The molecule has 0 fully saturated rings. The van der Waals surface area contributed by atoms with E-state index in [9.17, 15) is 4.79 Å². The summed E-state index contributed by atoms with van der Waals surface area (Å²) in [5, 5.41) is 9.01. The van der Waals surface area contributed by atoms with Gasteiger partial charge in [-0.3, -0.25) is 0 Å². The van der Waals surface area contributed by atoms with Crippen LogP contribution in [-0.2, 0) is 0 Å². The number of aromatic carboxylic acids is 1. The molecule has 0 spiro atoms. The van der Waals surface area contributed by atoms with Gasteiger partial charge < -0.3 is 15.6 Å². The van der Waals surface area contributed by atoms with Gasteiger partial charge in [0.1, 0.15) is 11.3 Å². The van der Waals surface area contributed by atoms with E-state index in [4.69, 9.17) is 15.6 Å². The first-order valence-corrected chi connectivity index (χ1v) is 5.34. The molecule has 6 heteroatoms. The largest absolute Gasteiger partial charge is 0.492 e. The fraction of sp³-hybridized carbons (Fsp3) is 0.300. The Morgan fingerprint density at radius 3 is 2.88 bits per heavy atom. The van der Waals surface area contributed by atoms with Gasteiger partial charge in [-0.15, -0.1) is 12.4 Å². The summed E-state index contributed by atoms with van der Waals surface area (Å²) in [7, 11) is 0. The topological polar surface area (TPSA) is 72.5 Å². The highest BCUT2D eigenvalue weighted by molar-refractivity contribution is 9.10. The third-order valence-electron chi connectivity index (χ3n) is 2.39.